The average Bonchev–Trinajstić information content (AvgIpc) is 2.61. The highest BCUT2D eigenvalue weighted by Crippen LogP contribution is 2.17. The van der Waals surface area contributed by atoms with Gasteiger partial charge in [-0.05, 0) is 30.2 Å². The Morgan fingerprint density at radius 3 is 2.56 bits per heavy atom. The third kappa shape index (κ3) is 4.94. The first kappa shape index (κ1) is 17.7. The monoisotopic (exact) mass is 354 g/mol. The van der Waals surface area contributed by atoms with Gasteiger partial charge in [0.25, 0.3) is 0 Å². The van der Waals surface area contributed by atoms with Crippen LogP contribution in [0.15, 0.2) is 54.6 Å². The van der Waals surface area contributed by atoms with Gasteiger partial charge in [-0.25, -0.2) is 0 Å². The van der Waals surface area contributed by atoms with Gasteiger partial charge < -0.3 is 4.90 Å². The number of carbonyl (C=O) groups is 1. The van der Waals surface area contributed by atoms with Gasteiger partial charge in [-0.15, -0.1) is 0 Å². The Kier molecular flexibility index (Phi) is 5.90. The van der Waals surface area contributed by atoms with E-state index < -0.39 is 0 Å². The van der Waals surface area contributed by atoms with Crippen molar-refractivity contribution in [2.75, 3.05) is 26.2 Å². The Hall–Kier alpha value is -2.10. The van der Waals surface area contributed by atoms with Gasteiger partial charge in [0.1, 0.15) is 0 Å². The molecule has 0 aromatic heterocycles. The first-order valence-electron chi connectivity index (χ1n) is 8.61. The van der Waals surface area contributed by atoms with Crippen LogP contribution in [0.4, 0.5) is 0 Å². The molecule has 4 heteroatoms. The zero-order valence-electron chi connectivity index (χ0n) is 14.5. The molecule has 3 rings (SSSR count). The van der Waals surface area contributed by atoms with Gasteiger partial charge in [-0.1, -0.05) is 59.6 Å². The maximum Gasteiger partial charge on any atom is 0.246 e. The summed E-state index contributed by atoms with van der Waals surface area (Å²) in [6, 6.07) is 16.1. The molecule has 0 bridgehead atoms. The van der Waals surface area contributed by atoms with Gasteiger partial charge in [0.15, 0.2) is 0 Å². The van der Waals surface area contributed by atoms with Crippen molar-refractivity contribution in [2.45, 2.75) is 13.5 Å². The summed E-state index contributed by atoms with van der Waals surface area (Å²) in [6.45, 7) is 6.39. The molecule has 2 aromatic carbocycles. The highest BCUT2D eigenvalue weighted by molar-refractivity contribution is 6.32. The molecule has 1 aliphatic rings. The Morgan fingerprint density at radius 1 is 1.08 bits per heavy atom. The van der Waals surface area contributed by atoms with Crippen LogP contribution in [0.25, 0.3) is 6.08 Å². The van der Waals surface area contributed by atoms with Gasteiger partial charge in [-0.3, -0.25) is 9.69 Å². The number of amides is 1. The second-order valence-corrected chi connectivity index (χ2v) is 6.85. The lowest BCUT2D eigenvalue weighted by Crippen LogP contribution is -2.47. The number of aryl methyl sites for hydroxylation is 1. The number of halogens is 1. The Morgan fingerprint density at radius 2 is 1.84 bits per heavy atom. The average molecular weight is 355 g/mol. The lowest BCUT2D eigenvalue weighted by molar-refractivity contribution is -0.127. The van der Waals surface area contributed by atoms with Crippen LogP contribution in [0.3, 0.4) is 0 Å². The van der Waals surface area contributed by atoms with Crippen LogP contribution in [0, 0.1) is 6.92 Å². The zero-order chi connectivity index (χ0) is 17.6. The third-order valence-corrected chi connectivity index (χ3v) is 4.83. The van der Waals surface area contributed by atoms with Crippen molar-refractivity contribution >= 4 is 23.6 Å². The Bertz CT molecular complexity index is 764. The predicted molar refractivity (Wildman–Crippen MR) is 104 cm³/mol. The summed E-state index contributed by atoms with van der Waals surface area (Å²) in [7, 11) is 0. The molecule has 1 fully saturated rings. The van der Waals surface area contributed by atoms with Crippen LogP contribution in [-0.2, 0) is 11.3 Å². The molecule has 0 unspecified atom stereocenters. The van der Waals surface area contributed by atoms with E-state index in [1.807, 2.05) is 29.2 Å². The van der Waals surface area contributed by atoms with Crippen molar-refractivity contribution in [2.24, 2.45) is 0 Å². The molecule has 0 spiro atoms. The lowest BCUT2D eigenvalue weighted by atomic mass is 10.1. The number of hydrogen-bond acceptors (Lipinski definition) is 2. The van der Waals surface area contributed by atoms with Gasteiger partial charge in [-0.2, -0.15) is 0 Å². The van der Waals surface area contributed by atoms with E-state index in [1.165, 1.54) is 11.1 Å². The van der Waals surface area contributed by atoms with E-state index in [0.717, 1.165) is 38.3 Å². The molecule has 25 heavy (non-hydrogen) atoms. The summed E-state index contributed by atoms with van der Waals surface area (Å²) in [5.74, 6) is 0.0510. The van der Waals surface area contributed by atoms with Crippen molar-refractivity contribution in [3.63, 3.8) is 0 Å². The number of rotatable bonds is 4. The van der Waals surface area contributed by atoms with Crippen LogP contribution in [-0.4, -0.2) is 41.9 Å². The second-order valence-electron chi connectivity index (χ2n) is 6.45. The van der Waals surface area contributed by atoms with E-state index in [9.17, 15) is 4.79 Å². The van der Waals surface area contributed by atoms with Crippen molar-refractivity contribution in [1.29, 1.82) is 0 Å². The van der Waals surface area contributed by atoms with Gasteiger partial charge in [0.05, 0.1) is 0 Å². The maximum atomic E-state index is 12.4. The van der Waals surface area contributed by atoms with E-state index in [2.05, 4.69) is 36.1 Å². The normalized spacial score (nSPS) is 15.7. The lowest BCUT2D eigenvalue weighted by Gasteiger charge is -2.34. The molecule has 0 saturated carbocycles. The summed E-state index contributed by atoms with van der Waals surface area (Å²) in [5.41, 5.74) is 3.49. The topological polar surface area (TPSA) is 23.6 Å². The van der Waals surface area contributed by atoms with Crippen LogP contribution >= 0.6 is 11.6 Å². The highest BCUT2D eigenvalue weighted by atomic mass is 35.5. The van der Waals surface area contributed by atoms with Crippen molar-refractivity contribution in [3.05, 3.63) is 76.3 Å². The molecule has 2 aromatic rings. The van der Waals surface area contributed by atoms with Gasteiger partial charge in [0.2, 0.25) is 5.91 Å². The van der Waals surface area contributed by atoms with Crippen LogP contribution < -0.4 is 0 Å². The Balaban J connectivity index is 1.51. The first-order valence-corrected chi connectivity index (χ1v) is 8.99. The Labute approximate surface area is 154 Å². The number of carbonyl (C=O) groups excluding carboxylic acids is 1. The fourth-order valence-corrected chi connectivity index (χ4v) is 3.27. The maximum absolute atomic E-state index is 12.4. The standard InChI is InChI=1S/C21H23ClN2O/c1-17-5-4-6-18(15-17)16-23-11-13-24(14-12-23)21(25)10-9-19-7-2-3-8-20(19)22/h2-10,15H,11-14,16H2,1H3. The summed E-state index contributed by atoms with van der Waals surface area (Å²) in [6.07, 6.45) is 3.42. The molecular weight excluding hydrogens is 332 g/mol. The van der Waals surface area contributed by atoms with E-state index in [4.69, 9.17) is 11.6 Å². The summed E-state index contributed by atoms with van der Waals surface area (Å²) < 4.78 is 0. The molecule has 1 saturated heterocycles. The molecule has 0 aliphatic carbocycles. The zero-order valence-corrected chi connectivity index (χ0v) is 15.2. The minimum Gasteiger partial charge on any atom is -0.337 e. The minimum absolute atomic E-state index is 0.0510. The molecule has 0 N–H and O–H groups in total. The number of hydrogen-bond donors (Lipinski definition) is 0. The smallest absolute Gasteiger partial charge is 0.246 e. The molecule has 0 radical (unpaired) electrons. The molecule has 1 aliphatic heterocycles. The molecule has 1 heterocycles. The fourth-order valence-electron chi connectivity index (χ4n) is 3.07. The van der Waals surface area contributed by atoms with Gasteiger partial charge in [0, 0.05) is 43.8 Å². The van der Waals surface area contributed by atoms with E-state index >= 15 is 0 Å². The number of nitrogens with zero attached hydrogens (tertiary/aromatic N) is 2. The van der Waals surface area contributed by atoms with E-state index in [0.29, 0.717) is 5.02 Å². The van der Waals surface area contributed by atoms with E-state index in [-0.39, 0.29) is 5.91 Å². The van der Waals surface area contributed by atoms with Crippen LogP contribution in [0.1, 0.15) is 16.7 Å². The number of benzene rings is 2. The molecule has 1 amide bonds. The van der Waals surface area contributed by atoms with Crippen molar-refractivity contribution in [1.82, 2.24) is 9.80 Å². The third-order valence-electron chi connectivity index (χ3n) is 4.48. The highest BCUT2D eigenvalue weighted by Gasteiger charge is 2.19. The number of piperazine rings is 1. The molecule has 0 atom stereocenters. The summed E-state index contributed by atoms with van der Waals surface area (Å²) >= 11 is 6.12. The van der Waals surface area contributed by atoms with Gasteiger partial charge >= 0.3 is 0 Å². The SMILES string of the molecule is Cc1cccc(CN2CCN(C(=O)C=Cc3ccccc3Cl)CC2)c1. The molecule has 3 nitrogen and oxygen atoms in total. The van der Waals surface area contributed by atoms with Crippen LogP contribution in [0.2, 0.25) is 5.02 Å². The molecule has 130 valence electrons. The first-order chi connectivity index (χ1) is 12.1. The minimum atomic E-state index is 0.0510. The quantitative estimate of drug-likeness (QED) is 0.775. The van der Waals surface area contributed by atoms with E-state index in [1.54, 1.807) is 12.2 Å². The summed E-state index contributed by atoms with van der Waals surface area (Å²) in [4.78, 5) is 16.7. The predicted octanol–water partition coefficient (Wildman–Crippen LogP) is 4.01. The van der Waals surface area contributed by atoms with Crippen molar-refractivity contribution in [3.8, 4) is 0 Å². The van der Waals surface area contributed by atoms with Crippen LogP contribution in [0.5, 0.6) is 0 Å². The summed E-state index contributed by atoms with van der Waals surface area (Å²) in [5, 5.41) is 0.662. The molecular formula is C21H23ClN2O. The largest absolute Gasteiger partial charge is 0.337 e. The second kappa shape index (κ2) is 8.32. The van der Waals surface area contributed by atoms with Crippen molar-refractivity contribution < 1.29 is 4.79 Å². The fraction of sp³-hybridized carbons (Fsp3) is 0.286.